The van der Waals surface area contributed by atoms with Gasteiger partial charge in [0.2, 0.25) is 0 Å². The molecule has 0 saturated heterocycles. The second kappa shape index (κ2) is 8.27. The van der Waals surface area contributed by atoms with Crippen LogP contribution in [0.3, 0.4) is 0 Å². The third-order valence-corrected chi connectivity index (χ3v) is 5.31. The lowest BCUT2D eigenvalue weighted by Gasteiger charge is -2.37. The van der Waals surface area contributed by atoms with Crippen LogP contribution in [0, 0.1) is 0 Å². The minimum Gasteiger partial charge on any atom is -0.318 e. The van der Waals surface area contributed by atoms with Crippen molar-refractivity contribution in [3.8, 4) is 0 Å². The van der Waals surface area contributed by atoms with Crippen molar-refractivity contribution in [2.45, 2.75) is 25.3 Å². The number of rotatable bonds is 7. The van der Waals surface area contributed by atoms with E-state index in [0.29, 0.717) is 12.1 Å². The summed E-state index contributed by atoms with van der Waals surface area (Å²) in [7, 11) is 0. The molecule has 4 aromatic rings. The number of Topliss-reactive ketones (excluding diaryl/α,β-unsaturated/α-hetero) is 1. The minimum atomic E-state index is -0.623. The topological polar surface area (TPSA) is 34.9 Å². The first kappa shape index (κ1) is 18.9. The fourth-order valence-electron chi connectivity index (χ4n) is 3.99. The van der Waals surface area contributed by atoms with Gasteiger partial charge in [-0.05, 0) is 23.1 Å². The molecule has 144 valence electrons. The van der Waals surface area contributed by atoms with E-state index in [1.165, 1.54) is 0 Å². The predicted octanol–water partition coefficient (Wildman–Crippen LogP) is 5.71. The standard InChI is InChI=1S/C26H24N2O/c1-2-12-25(29)24-19-28(20-27-24)26(21-13-6-3-7-14-21,22-15-8-4-9-16-22)23-17-10-5-11-18-23/h3-11,13-20H,2,12H2,1H3. The van der Waals surface area contributed by atoms with Gasteiger partial charge in [0.25, 0.3) is 0 Å². The highest BCUT2D eigenvalue weighted by atomic mass is 16.1. The highest BCUT2D eigenvalue weighted by Crippen LogP contribution is 2.40. The summed E-state index contributed by atoms with van der Waals surface area (Å²) in [5.41, 5.74) is 3.23. The molecule has 3 aromatic carbocycles. The quantitative estimate of drug-likeness (QED) is 0.304. The number of hydrogen-bond donors (Lipinski definition) is 0. The lowest BCUT2D eigenvalue weighted by Crippen LogP contribution is -2.37. The molecule has 0 aliphatic rings. The maximum atomic E-state index is 12.5. The molecule has 0 atom stereocenters. The van der Waals surface area contributed by atoms with Crippen LogP contribution in [-0.2, 0) is 5.54 Å². The van der Waals surface area contributed by atoms with Gasteiger partial charge in [-0.2, -0.15) is 0 Å². The molecule has 0 fully saturated rings. The summed E-state index contributed by atoms with van der Waals surface area (Å²) >= 11 is 0. The van der Waals surface area contributed by atoms with E-state index < -0.39 is 5.54 Å². The molecule has 0 bridgehead atoms. The van der Waals surface area contributed by atoms with Gasteiger partial charge in [-0.15, -0.1) is 0 Å². The summed E-state index contributed by atoms with van der Waals surface area (Å²) in [4.78, 5) is 17.0. The van der Waals surface area contributed by atoms with E-state index in [2.05, 4.69) is 82.3 Å². The molecule has 3 heteroatoms. The Labute approximate surface area is 171 Å². The molecule has 3 nitrogen and oxygen atoms in total. The fourth-order valence-corrected chi connectivity index (χ4v) is 3.99. The number of ketones is 1. The van der Waals surface area contributed by atoms with Crippen LogP contribution in [0.1, 0.15) is 46.9 Å². The molecular formula is C26H24N2O. The van der Waals surface area contributed by atoms with Gasteiger partial charge in [-0.25, -0.2) is 4.98 Å². The number of benzene rings is 3. The van der Waals surface area contributed by atoms with Crippen LogP contribution in [0.15, 0.2) is 104 Å². The first-order valence-corrected chi connectivity index (χ1v) is 10.0. The molecule has 1 heterocycles. The maximum Gasteiger partial charge on any atom is 0.182 e. The summed E-state index contributed by atoms with van der Waals surface area (Å²) in [6, 6.07) is 31.2. The molecule has 0 radical (unpaired) electrons. The molecule has 29 heavy (non-hydrogen) atoms. The van der Waals surface area contributed by atoms with Crippen LogP contribution in [0.25, 0.3) is 0 Å². The van der Waals surface area contributed by atoms with Crippen molar-refractivity contribution < 1.29 is 4.79 Å². The molecule has 0 amide bonds. The molecule has 0 aliphatic carbocycles. The van der Waals surface area contributed by atoms with Crippen LogP contribution in [0.2, 0.25) is 0 Å². The molecule has 0 N–H and O–H groups in total. The summed E-state index contributed by atoms with van der Waals surface area (Å²) in [6.45, 7) is 2.01. The first-order valence-electron chi connectivity index (χ1n) is 10.0. The second-order valence-electron chi connectivity index (χ2n) is 7.15. The van der Waals surface area contributed by atoms with Crippen LogP contribution < -0.4 is 0 Å². The number of hydrogen-bond acceptors (Lipinski definition) is 2. The molecule has 0 aliphatic heterocycles. The second-order valence-corrected chi connectivity index (χ2v) is 7.15. The summed E-state index contributed by atoms with van der Waals surface area (Å²) in [5, 5.41) is 0. The zero-order valence-corrected chi connectivity index (χ0v) is 16.5. The van der Waals surface area contributed by atoms with Crippen molar-refractivity contribution in [3.05, 3.63) is 126 Å². The number of carbonyl (C=O) groups excluding carboxylic acids is 1. The number of nitrogens with zero attached hydrogens (tertiary/aromatic N) is 2. The number of aromatic nitrogens is 2. The van der Waals surface area contributed by atoms with Gasteiger partial charge in [-0.1, -0.05) is 97.9 Å². The summed E-state index contributed by atoms with van der Waals surface area (Å²) < 4.78 is 2.08. The van der Waals surface area contributed by atoms with E-state index in [-0.39, 0.29) is 5.78 Å². The highest BCUT2D eigenvalue weighted by molar-refractivity contribution is 5.94. The lowest BCUT2D eigenvalue weighted by molar-refractivity contribution is 0.0977. The highest BCUT2D eigenvalue weighted by Gasteiger charge is 2.38. The maximum absolute atomic E-state index is 12.5. The Hall–Kier alpha value is -3.46. The van der Waals surface area contributed by atoms with Crippen molar-refractivity contribution in [1.82, 2.24) is 9.55 Å². The molecule has 0 spiro atoms. The van der Waals surface area contributed by atoms with E-state index >= 15 is 0 Å². The van der Waals surface area contributed by atoms with Crippen molar-refractivity contribution in [3.63, 3.8) is 0 Å². The Kier molecular flexibility index (Phi) is 5.39. The van der Waals surface area contributed by atoms with Gasteiger partial charge in [0, 0.05) is 12.6 Å². The number of imidazole rings is 1. The largest absolute Gasteiger partial charge is 0.318 e. The van der Waals surface area contributed by atoms with Crippen LogP contribution in [0.5, 0.6) is 0 Å². The van der Waals surface area contributed by atoms with Gasteiger partial charge < -0.3 is 4.57 Å². The fraction of sp³-hybridized carbons (Fsp3) is 0.154. The normalized spacial score (nSPS) is 11.3. The smallest absolute Gasteiger partial charge is 0.182 e. The van der Waals surface area contributed by atoms with Crippen molar-refractivity contribution in [2.24, 2.45) is 0 Å². The molecular weight excluding hydrogens is 356 g/mol. The van der Waals surface area contributed by atoms with E-state index in [9.17, 15) is 4.79 Å². The summed E-state index contributed by atoms with van der Waals surface area (Å²) in [5.74, 6) is 0.0781. The number of carbonyl (C=O) groups is 1. The van der Waals surface area contributed by atoms with Gasteiger partial charge in [0.15, 0.2) is 5.78 Å². The van der Waals surface area contributed by atoms with Crippen LogP contribution >= 0.6 is 0 Å². The van der Waals surface area contributed by atoms with Crippen molar-refractivity contribution >= 4 is 5.78 Å². The molecule has 0 unspecified atom stereocenters. The zero-order valence-electron chi connectivity index (χ0n) is 16.5. The average molecular weight is 380 g/mol. The van der Waals surface area contributed by atoms with Gasteiger partial charge in [-0.3, -0.25) is 4.79 Å². The predicted molar refractivity (Wildman–Crippen MR) is 116 cm³/mol. The molecule has 1 aromatic heterocycles. The Balaban J connectivity index is 2.03. The van der Waals surface area contributed by atoms with Crippen molar-refractivity contribution in [1.29, 1.82) is 0 Å². The van der Waals surface area contributed by atoms with Gasteiger partial charge >= 0.3 is 0 Å². The lowest BCUT2D eigenvalue weighted by atomic mass is 9.77. The van der Waals surface area contributed by atoms with E-state index in [1.807, 2.05) is 31.3 Å². The monoisotopic (exact) mass is 380 g/mol. The molecule has 0 saturated carbocycles. The third-order valence-electron chi connectivity index (χ3n) is 5.31. The Morgan fingerprint density at radius 3 is 1.66 bits per heavy atom. The van der Waals surface area contributed by atoms with Gasteiger partial charge in [0.05, 0.1) is 6.33 Å². The Bertz CT molecular complexity index is 973. The molecule has 4 rings (SSSR count). The Morgan fingerprint density at radius 2 is 1.24 bits per heavy atom. The van der Waals surface area contributed by atoms with Crippen LogP contribution in [0.4, 0.5) is 0 Å². The van der Waals surface area contributed by atoms with Crippen molar-refractivity contribution in [2.75, 3.05) is 0 Å². The van der Waals surface area contributed by atoms with Crippen LogP contribution in [-0.4, -0.2) is 15.3 Å². The van der Waals surface area contributed by atoms with E-state index in [0.717, 1.165) is 23.1 Å². The zero-order chi connectivity index (χ0) is 20.1. The van der Waals surface area contributed by atoms with E-state index in [1.54, 1.807) is 6.33 Å². The third kappa shape index (κ3) is 3.40. The first-order chi connectivity index (χ1) is 14.3. The Morgan fingerprint density at radius 1 is 0.793 bits per heavy atom. The minimum absolute atomic E-state index is 0.0781. The van der Waals surface area contributed by atoms with Gasteiger partial charge in [0.1, 0.15) is 11.2 Å². The van der Waals surface area contributed by atoms with E-state index in [4.69, 9.17) is 0 Å². The summed E-state index contributed by atoms with van der Waals surface area (Å²) in [6.07, 6.45) is 5.00. The SMILES string of the molecule is CCCC(=O)c1cn(C(c2ccccc2)(c2ccccc2)c2ccccc2)cn1. The average Bonchev–Trinajstić information content (AvgIpc) is 3.27.